The molecule has 0 spiro atoms. The molecule has 1 rings (SSSR count). The molecule has 0 aliphatic rings. The maximum absolute atomic E-state index is 13.0. The third kappa shape index (κ3) is 3.93. The predicted molar refractivity (Wildman–Crippen MR) is 63.8 cm³/mol. The zero-order valence-electron chi connectivity index (χ0n) is 9.56. The zero-order valence-corrected chi connectivity index (χ0v) is 10.4. The van der Waals surface area contributed by atoms with Crippen LogP contribution in [0, 0.1) is 5.82 Å². The van der Waals surface area contributed by atoms with Gasteiger partial charge in [-0.2, -0.15) is 0 Å². The van der Waals surface area contributed by atoms with Crippen molar-refractivity contribution in [3.05, 3.63) is 30.1 Å². The molecule has 94 valence electrons. The summed E-state index contributed by atoms with van der Waals surface area (Å²) < 4.78 is 25.0. The van der Waals surface area contributed by atoms with E-state index in [-0.39, 0.29) is 4.90 Å². The van der Waals surface area contributed by atoms with Gasteiger partial charge in [0, 0.05) is 4.90 Å². The topological polar surface area (TPSA) is 54.4 Å². The Hall–Kier alpha value is -1.23. The molecule has 0 fully saturated rings. The SMILES string of the molecule is CCCCC(C(=O)O)S(=O)c1cccc(F)c1. The van der Waals surface area contributed by atoms with Crippen LogP contribution >= 0.6 is 0 Å². The Morgan fingerprint density at radius 3 is 2.76 bits per heavy atom. The van der Waals surface area contributed by atoms with Gasteiger partial charge in [-0.1, -0.05) is 25.8 Å². The fraction of sp³-hybridized carbons (Fsp3) is 0.417. The van der Waals surface area contributed by atoms with E-state index in [9.17, 15) is 13.4 Å². The number of carboxylic acids is 1. The minimum absolute atomic E-state index is 0.230. The second-order valence-corrected chi connectivity index (χ2v) is 5.36. The highest BCUT2D eigenvalue weighted by Crippen LogP contribution is 2.17. The molecule has 0 aliphatic carbocycles. The first-order chi connectivity index (χ1) is 8.06. The van der Waals surface area contributed by atoms with Crippen molar-refractivity contribution in [3.8, 4) is 0 Å². The Labute approximate surface area is 102 Å². The van der Waals surface area contributed by atoms with E-state index in [2.05, 4.69) is 0 Å². The number of rotatable bonds is 6. The first kappa shape index (κ1) is 13.8. The minimum Gasteiger partial charge on any atom is -0.480 e. The van der Waals surface area contributed by atoms with E-state index < -0.39 is 27.8 Å². The maximum Gasteiger partial charge on any atom is 0.319 e. The molecule has 5 heteroatoms. The first-order valence-electron chi connectivity index (χ1n) is 5.45. The van der Waals surface area contributed by atoms with Crippen LogP contribution in [0.1, 0.15) is 26.2 Å². The van der Waals surface area contributed by atoms with Gasteiger partial charge in [-0.3, -0.25) is 9.00 Å². The number of benzene rings is 1. The first-order valence-corrected chi connectivity index (χ1v) is 6.66. The average Bonchev–Trinajstić information content (AvgIpc) is 2.29. The molecule has 0 amide bonds. The van der Waals surface area contributed by atoms with Gasteiger partial charge in [0.1, 0.15) is 11.1 Å². The largest absolute Gasteiger partial charge is 0.480 e. The van der Waals surface area contributed by atoms with Crippen molar-refractivity contribution in [2.75, 3.05) is 0 Å². The number of carboxylic acid groups (broad SMARTS) is 1. The highest BCUT2D eigenvalue weighted by Gasteiger charge is 2.25. The van der Waals surface area contributed by atoms with Crippen LogP contribution in [-0.2, 0) is 15.6 Å². The van der Waals surface area contributed by atoms with Crippen molar-refractivity contribution in [2.45, 2.75) is 36.3 Å². The van der Waals surface area contributed by atoms with Crippen LogP contribution in [0.2, 0.25) is 0 Å². The number of unbranched alkanes of at least 4 members (excludes halogenated alkanes) is 1. The number of carbonyl (C=O) groups is 1. The fourth-order valence-corrected chi connectivity index (χ4v) is 2.80. The third-order valence-electron chi connectivity index (χ3n) is 2.38. The highest BCUT2D eigenvalue weighted by molar-refractivity contribution is 7.86. The molecule has 17 heavy (non-hydrogen) atoms. The van der Waals surface area contributed by atoms with Crippen molar-refractivity contribution in [2.24, 2.45) is 0 Å². The van der Waals surface area contributed by atoms with E-state index in [1.807, 2.05) is 6.92 Å². The van der Waals surface area contributed by atoms with E-state index in [1.54, 1.807) is 0 Å². The lowest BCUT2D eigenvalue weighted by Crippen LogP contribution is -2.25. The normalized spacial score (nSPS) is 14.2. The molecule has 0 aliphatic heterocycles. The van der Waals surface area contributed by atoms with Crippen molar-refractivity contribution < 1.29 is 18.5 Å². The van der Waals surface area contributed by atoms with Crippen LogP contribution in [0.4, 0.5) is 4.39 Å². The Kier molecular flexibility index (Phi) is 5.28. The summed E-state index contributed by atoms with van der Waals surface area (Å²) >= 11 is 0. The Morgan fingerprint density at radius 1 is 1.53 bits per heavy atom. The highest BCUT2D eigenvalue weighted by atomic mass is 32.2. The van der Waals surface area contributed by atoms with Gasteiger partial charge in [0.25, 0.3) is 0 Å². The van der Waals surface area contributed by atoms with E-state index >= 15 is 0 Å². The van der Waals surface area contributed by atoms with Gasteiger partial charge in [-0.05, 0) is 24.6 Å². The molecule has 2 unspecified atom stereocenters. The summed E-state index contributed by atoms with van der Waals surface area (Å²) in [6.07, 6.45) is 1.87. The molecule has 3 nitrogen and oxygen atoms in total. The minimum atomic E-state index is -1.70. The van der Waals surface area contributed by atoms with E-state index in [4.69, 9.17) is 5.11 Å². The Balaban J connectivity index is 2.88. The van der Waals surface area contributed by atoms with E-state index in [1.165, 1.54) is 18.2 Å². The molecular weight excluding hydrogens is 243 g/mol. The summed E-state index contributed by atoms with van der Waals surface area (Å²) in [5.41, 5.74) is 0. The second-order valence-electron chi connectivity index (χ2n) is 3.72. The zero-order chi connectivity index (χ0) is 12.8. The monoisotopic (exact) mass is 258 g/mol. The molecule has 0 heterocycles. The van der Waals surface area contributed by atoms with Gasteiger partial charge in [-0.25, -0.2) is 4.39 Å². The van der Waals surface area contributed by atoms with Gasteiger partial charge < -0.3 is 5.11 Å². The summed E-state index contributed by atoms with van der Waals surface area (Å²) in [6, 6.07) is 5.28. The van der Waals surface area contributed by atoms with Crippen molar-refractivity contribution in [1.29, 1.82) is 0 Å². The Morgan fingerprint density at radius 2 is 2.24 bits per heavy atom. The summed E-state index contributed by atoms with van der Waals surface area (Å²) in [5.74, 6) is -1.60. The number of hydrogen-bond acceptors (Lipinski definition) is 2. The van der Waals surface area contributed by atoms with Gasteiger partial charge in [0.2, 0.25) is 0 Å². The van der Waals surface area contributed by atoms with Gasteiger partial charge >= 0.3 is 5.97 Å². The predicted octanol–water partition coefficient (Wildman–Crippen LogP) is 2.58. The van der Waals surface area contributed by atoms with Crippen molar-refractivity contribution in [1.82, 2.24) is 0 Å². The molecule has 1 N–H and O–H groups in total. The fourth-order valence-electron chi connectivity index (χ4n) is 1.47. The molecule has 0 aromatic heterocycles. The Bertz CT molecular complexity index is 420. The van der Waals surface area contributed by atoms with E-state index in [0.29, 0.717) is 12.8 Å². The number of aliphatic carboxylic acids is 1. The van der Waals surface area contributed by atoms with Gasteiger partial charge in [-0.15, -0.1) is 0 Å². The van der Waals surface area contributed by atoms with Crippen LogP contribution < -0.4 is 0 Å². The number of halogens is 1. The lowest BCUT2D eigenvalue weighted by molar-refractivity contribution is -0.136. The molecule has 2 atom stereocenters. The van der Waals surface area contributed by atoms with Crippen LogP contribution in [0.15, 0.2) is 29.2 Å². The van der Waals surface area contributed by atoms with Crippen molar-refractivity contribution in [3.63, 3.8) is 0 Å². The standard InChI is InChI=1S/C12H15FO3S/c1-2-3-7-11(12(14)15)17(16)10-6-4-5-9(13)8-10/h4-6,8,11H,2-3,7H2,1H3,(H,14,15). The van der Waals surface area contributed by atoms with Crippen LogP contribution in [0.3, 0.4) is 0 Å². The lowest BCUT2D eigenvalue weighted by atomic mass is 10.2. The summed E-state index contributed by atoms with van der Waals surface area (Å²) in [5, 5.41) is 8.05. The summed E-state index contributed by atoms with van der Waals surface area (Å²) in [7, 11) is -1.70. The molecule has 1 aromatic carbocycles. The molecular formula is C12H15FO3S. The second kappa shape index (κ2) is 6.49. The molecule has 0 radical (unpaired) electrons. The summed E-state index contributed by atoms with van der Waals surface area (Å²) in [6.45, 7) is 1.93. The van der Waals surface area contributed by atoms with Crippen LogP contribution in [-0.4, -0.2) is 20.5 Å². The molecule has 0 bridgehead atoms. The molecule has 0 saturated carbocycles. The van der Waals surface area contributed by atoms with Crippen LogP contribution in [0.5, 0.6) is 0 Å². The van der Waals surface area contributed by atoms with Gasteiger partial charge in [0.15, 0.2) is 0 Å². The van der Waals surface area contributed by atoms with Crippen molar-refractivity contribution >= 4 is 16.8 Å². The maximum atomic E-state index is 13.0. The summed E-state index contributed by atoms with van der Waals surface area (Å²) in [4.78, 5) is 11.2. The van der Waals surface area contributed by atoms with Gasteiger partial charge in [0.05, 0.1) is 10.8 Å². The smallest absolute Gasteiger partial charge is 0.319 e. The van der Waals surface area contributed by atoms with E-state index in [0.717, 1.165) is 12.5 Å². The molecule has 0 saturated heterocycles. The lowest BCUT2D eigenvalue weighted by Gasteiger charge is -2.11. The quantitative estimate of drug-likeness (QED) is 0.853. The van der Waals surface area contributed by atoms with Crippen LogP contribution in [0.25, 0.3) is 0 Å². The molecule has 1 aromatic rings. The third-order valence-corrected chi connectivity index (χ3v) is 4.05. The number of hydrogen-bond donors (Lipinski definition) is 1. The average molecular weight is 258 g/mol.